The van der Waals surface area contributed by atoms with Crippen molar-refractivity contribution >= 4 is 11.6 Å². The summed E-state index contributed by atoms with van der Waals surface area (Å²) >= 11 is 0. The molecular weight excluding hydrogens is 414 g/mol. The molecule has 5 rings (SSSR count). The molecule has 0 unspecified atom stereocenters. The van der Waals surface area contributed by atoms with E-state index in [1.54, 1.807) is 11.8 Å². The Hall–Kier alpha value is -4.13. The van der Waals surface area contributed by atoms with Gasteiger partial charge in [0.1, 0.15) is 5.75 Å². The molecule has 166 valence electrons. The molecule has 1 fully saturated rings. The second-order valence-electron chi connectivity index (χ2n) is 7.85. The molecule has 1 amide bonds. The summed E-state index contributed by atoms with van der Waals surface area (Å²) in [6, 6.07) is 27.6. The molecule has 0 radical (unpaired) electrons. The molecule has 1 aromatic heterocycles. The highest BCUT2D eigenvalue weighted by Crippen LogP contribution is 2.23. The van der Waals surface area contributed by atoms with E-state index in [0.717, 1.165) is 35.8 Å². The standard InChI is InChI=1S/C26H25N5O2/c1-33-23-14-12-21(13-15-23)29-16-18-30(19-17-29)26(32)24-27-25(20-8-4-2-5-9-20)31(28-24)22-10-6-3-7-11-22/h2-15H,16-19H2,1H3. The van der Waals surface area contributed by atoms with E-state index in [0.29, 0.717) is 18.9 Å². The first-order valence-corrected chi connectivity index (χ1v) is 11.0. The van der Waals surface area contributed by atoms with Crippen LogP contribution in [0.5, 0.6) is 5.75 Å². The van der Waals surface area contributed by atoms with Gasteiger partial charge >= 0.3 is 0 Å². The fourth-order valence-electron chi connectivity index (χ4n) is 4.03. The molecule has 0 saturated carbocycles. The number of ether oxygens (including phenoxy) is 1. The van der Waals surface area contributed by atoms with Gasteiger partial charge in [0, 0.05) is 37.4 Å². The normalized spacial score (nSPS) is 13.7. The number of benzene rings is 3. The van der Waals surface area contributed by atoms with Crippen molar-refractivity contribution in [3.05, 3.63) is 90.8 Å². The van der Waals surface area contributed by atoms with Crippen LogP contribution in [0.2, 0.25) is 0 Å². The summed E-state index contributed by atoms with van der Waals surface area (Å²) in [6.45, 7) is 2.74. The molecule has 0 spiro atoms. The Labute approximate surface area is 192 Å². The molecule has 0 aliphatic carbocycles. The number of carbonyl (C=O) groups excluding carboxylic acids is 1. The number of para-hydroxylation sites is 1. The van der Waals surface area contributed by atoms with Crippen molar-refractivity contribution in [1.29, 1.82) is 0 Å². The lowest BCUT2D eigenvalue weighted by molar-refractivity contribution is 0.0734. The zero-order chi connectivity index (χ0) is 22.6. The molecule has 0 atom stereocenters. The molecule has 1 aliphatic rings. The van der Waals surface area contributed by atoms with Crippen molar-refractivity contribution < 1.29 is 9.53 Å². The number of hydrogen-bond acceptors (Lipinski definition) is 5. The number of rotatable bonds is 5. The quantitative estimate of drug-likeness (QED) is 0.472. The van der Waals surface area contributed by atoms with Crippen molar-refractivity contribution in [2.45, 2.75) is 0 Å². The van der Waals surface area contributed by atoms with Gasteiger partial charge in [-0.3, -0.25) is 4.79 Å². The van der Waals surface area contributed by atoms with Crippen LogP contribution < -0.4 is 9.64 Å². The van der Waals surface area contributed by atoms with Crippen LogP contribution in [0.25, 0.3) is 17.1 Å². The third kappa shape index (κ3) is 4.30. The van der Waals surface area contributed by atoms with E-state index in [-0.39, 0.29) is 11.7 Å². The van der Waals surface area contributed by atoms with Crippen LogP contribution >= 0.6 is 0 Å². The number of nitrogens with zero attached hydrogens (tertiary/aromatic N) is 5. The molecule has 7 heteroatoms. The Morgan fingerprint density at radius 3 is 2.06 bits per heavy atom. The van der Waals surface area contributed by atoms with E-state index in [9.17, 15) is 4.79 Å². The third-order valence-electron chi connectivity index (χ3n) is 5.84. The van der Waals surface area contributed by atoms with Gasteiger partial charge < -0.3 is 14.5 Å². The third-order valence-corrected chi connectivity index (χ3v) is 5.84. The van der Waals surface area contributed by atoms with Gasteiger partial charge in [0.2, 0.25) is 5.82 Å². The highest BCUT2D eigenvalue weighted by molar-refractivity contribution is 5.91. The molecule has 2 heterocycles. The fraction of sp³-hybridized carbons (Fsp3) is 0.192. The van der Waals surface area contributed by atoms with Gasteiger partial charge in [-0.25, -0.2) is 9.67 Å². The number of methoxy groups -OCH3 is 1. The Kier molecular flexibility index (Phi) is 5.76. The number of amides is 1. The van der Waals surface area contributed by atoms with Gasteiger partial charge in [-0.2, -0.15) is 0 Å². The van der Waals surface area contributed by atoms with Crippen molar-refractivity contribution in [1.82, 2.24) is 19.7 Å². The van der Waals surface area contributed by atoms with Gasteiger partial charge in [0.25, 0.3) is 5.91 Å². The van der Waals surface area contributed by atoms with E-state index in [2.05, 4.69) is 15.0 Å². The molecule has 3 aromatic carbocycles. The Bertz CT molecular complexity index is 1160. The molecule has 4 aromatic rings. The van der Waals surface area contributed by atoms with Crippen molar-refractivity contribution in [2.75, 3.05) is 38.2 Å². The first-order chi connectivity index (χ1) is 16.2. The second-order valence-corrected chi connectivity index (χ2v) is 7.85. The van der Waals surface area contributed by atoms with Crippen LogP contribution in [0.1, 0.15) is 10.6 Å². The summed E-state index contributed by atoms with van der Waals surface area (Å²) in [5, 5.41) is 4.62. The highest BCUT2D eigenvalue weighted by Gasteiger charge is 2.27. The molecule has 7 nitrogen and oxygen atoms in total. The predicted octanol–water partition coefficient (Wildman–Crippen LogP) is 3.91. The van der Waals surface area contributed by atoms with Crippen LogP contribution in [-0.2, 0) is 0 Å². The molecule has 33 heavy (non-hydrogen) atoms. The van der Waals surface area contributed by atoms with Gasteiger partial charge in [-0.1, -0.05) is 48.5 Å². The summed E-state index contributed by atoms with van der Waals surface area (Å²) in [7, 11) is 1.66. The number of piperazine rings is 1. The number of carbonyl (C=O) groups is 1. The molecule has 1 aliphatic heterocycles. The van der Waals surface area contributed by atoms with Gasteiger partial charge in [0.15, 0.2) is 5.82 Å². The zero-order valence-electron chi connectivity index (χ0n) is 18.5. The summed E-state index contributed by atoms with van der Waals surface area (Å²) in [6.07, 6.45) is 0. The first-order valence-electron chi connectivity index (χ1n) is 11.0. The SMILES string of the molecule is COc1ccc(N2CCN(C(=O)c3nc(-c4ccccc4)n(-c4ccccc4)n3)CC2)cc1. The van der Waals surface area contributed by atoms with Crippen LogP contribution in [0, 0.1) is 0 Å². The van der Waals surface area contributed by atoms with Crippen LogP contribution in [-0.4, -0.2) is 58.9 Å². The topological polar surface area (TPSA) is 63.5 Å². The number of anilines is 1. The number of hydrogen-bond donors (Lipinski definition) is 0. The molecule has 0 N–H and O–H groups in total. The number of aromatic nitrogens is 3. The first kappa shape index (κ1) is 20.8. The Morgan fingerprint density at radius 1 is 0.788 bits per heavy atom. The van der Waals surface area contributed by atoms with E-state index in [1.807, 2.05) is 89.8 Å². The largest absolute Gasteiger partial charge is 0.497 e. The van der Waals surface area contributed by atoms with Crippen LogP contribution in [0.15, 0.2) is 84.9 Å². The summed E-state index contributed by atoms with van der Waals surface area (Å²) in [4.78, 5) is 22.1. The Morgan fingerprint density at radius 2 is 1.42 bits per heavy atom. The Balaban J connectivity index is 1.36. The fourth-order valence-corrected chi connectivity index (χ4v) is 4.03. The molecule has 0 bridgehead atoms. The minimum atomic E-state index is -0.142. The summed E-state index contributed by atoms with van der Waals surface area (Å²) in [5.74, 6) is 1.57. The minimum Gasteiger partial charge on any atom is -0.497 e. The van der Waals surface area contributed by atoms with Crippen molar-refractivity contribution in [3.8, 4) is 22.8 Å². The van der Waals surface area contributed by atoms with Crippen LogP contribution in [0.3, 0.4) is 0 Å². The lowest BCUT2D eigenvalue weighted by Gasteiger charge is -2.35. The van der Waals surface area contributed by atoms with E-state index in [1.165, 1.54) is 0 Å². The monoisotopic (exact) mass is 439 g/mol. The maximum atomic E-state index is 13.3. The second kappa shape index (κ2) is 9.16. The minimum absolute atomic E-state index is 0.142. The van der Waals surface area contributed by atoms with E-state index < -0.39 is 0 Å². The van der Waals surface area contributed by atoms with E-state index in [4.69, 9.17) is 4.74 Å². The van der Waals surface area contributed by atoms with E-state index >= 15 is 0 Å². The maximum absolute atomic E-state index is 13.3. The van der Waals surface area contributed by atoms with Crippen LogP contribution in [0.4, 0.5) is 5.69 Å². The van der Waals surface area contributed by atoms with Crippen molar-refractivity contribution in [2.24, 2.45) is 0 Å². The van der Waals surface area contributed by atoms with Gasteiger partial charge in [-0.15, -0.1) is 5.10 Å². The average molecular weight is 440 g/mol. The predicted molar refractivity (Wildman–Crippen MR) is 128 cm³/mol. The summed E-state index contributed by atoms with van der Waals surface area (Å²) < 4.78 is 6.99. The molecule has 1 saturated heterocycles. The smallest absolute Gasteiger partial charge is 0.293 e. The molecular formula is C26H25N5O2. The lowest BCUT2D eigenvalue weighted by Crippen LogP contribution is -2.49. The lowest BCUT2D eigenvalue weighted by atomic mass is 10.2. The van der Waals surface area contributed by atoms with Gasteiger partial charge in [-0.05, 0) is 36.4 Å². The zero-order valence-corrected chi connectivity index (χ0v) is 18.5. The van der Waals surface area contributed by atoms with Gasteiger partial charge in [0.05, 0.1) is 12.8 Å². The van der Waals surface area contributed by atoms with Crippen molar-refractivity contribution in [3.63, 3.8) is 0 Å². The summed E-state index contributed by atoms with van der Waals surface area (Å²) in [5.41, 5.74) is 2.91. The maximum Gasteiger partial charge on any atom is 0.293 e. The highest BCUT2D eigenvalue weighted by atomic mass is 16.5. The average Bonchev–Trinajstić information content (AvgIpc) is 3.35.